The summed E-state index contributed by atoms with van der Waals surface area (Å²) < 4.78 is 30.0. The first kappa shape index (κ1) is 33.2. The van der Waals surface area contributed by atoms with E-state index in [4.69, 9.17) is 46.7 Å². The van der Waals surface area contributed by atoms with Crippen molar-refractivity contribution in [2.75, 3.05) is 39.9 Å². The summed E-state index contributed by atoms with van der Waals surface area (Å²) >= 11 is 7.74. The summed E-state index contributed by atoms with van der Waals surface area (Å²) in [6.45, 7) is 3.94. The summed E-state index contributed by atoms with van der Waals surface area (Å²) in [5, 5.41) is 3.22. The monoisotopic (exact) mass is 673 g/mol. The Morgan fingerprint density at radius 2 is 1.74 bits per heavy atom. The summed E-state index contributed by atoms with van der Waals surface area (Å²) in [6.07, 6.45) is 7.06. The first-order valence-electron chi connectivity index (χ1n) is 14.5. The molecule has 3 aromatic carbocycles. The van der Waals surface area contributed by atoms with Gasteiger partial charge < -0.3 is 29.0 Å². The molecule has 0 saturated heterocycles. The van der Waals surface area contributed by atoms with E-state index in [1.807, 2.05) is 25.1 Å². The lowest BCUT2D eigenvalue weighted by Crippen LogP contribution is -2.40. The number of carbonyl (C=O) groups excluding carboxylic acids is 1. The lowest BCUT2D eigenvalue weighted by molar-refractivity contribution is -0.113. The molecule has 2 heterocycles. The highest BCUT2D eigenvalue weighted by molar-refractivity contribution is 7.07. The Hall–Kier alpha value is -5.18. The maximum atomic E-state index is 14.3. The second-order valence-electron chi connectivity index (χ2n) is 10.1. The van der Waals surface area contributed by atoms with Crippen molar-refractivity contribution in [2.45, 2.75) is 19.9 Å². The van der Waals surface area contributed by atoms with Crippen LogP contribution in [0.2, 0.25) is 5.02 Å². The third-order valence-corrected chi connectivity index (χ3v) is 8.49. The molecule has 5 rings (SSSR count). The maximum Gasteiger partial charge on any atom is 0.271 e. The van der Waals surface area contributed by atoms with E-state index in [9.17, 15) is 9.59 Å². The fourth-order valence-electron chi connectivity index (χ4n) is 5.25. The standard InChI is InChI=1S/C35H32ClN3O7S/c1-7-14-46-31-24(36)15-21(16-27(31)45-8-2)17-28-34(41)39-30(22-18-25(42-4)32(44-6)26(19-22)43-5)29(20(3)37-35(39)47-28)33(40)38-23-12-10-9-11-13-23/h1,9-13,15-19,30H,8,14H2,2-6H3,(H,38,40)/b28-17-/t30-/m1/s1. The van der Waals surface area contributed by atoms with Crippen LogP contribution in [0, 0.1) is 12.3 Å². The van der Waals surface area contributed by atoms with Gasteiger partial charge in [0.25, 0.3) is 11.5 Å². The molecule has 0 radical (unpaired) electrons. The van der Waals surface area contributed by atoms with Gasteiger partial charge in [0.05, 0.1) is 54.8 Å². The van der Waals surface area contributed by atoms with E-state index in [1.165, 1.54) is 37.2 Å². The summed E-state index contributed by atoms with van der Waals surface area (Å²) in [7, 11) is 4.51. The number of para-hydroxylation sites is 1. The minimum atomic E-state index is -0.895. The molecule has 1 aliphatic rings. The van der Waals surface area contributed by atoms with E-state index in [0.29, 0.717) is 67.2 Å². The second kappa shape index (κ2) is 14.5. The number of halogens is 1. The molecular weight excluding hydrogens is 642 g/mol. The number of nitrogens with zero attached hydrogens (tertiary/aromatic N) is 2. The van der Waals surface area contributed by atoms with E-state index >= 15 is 0 Å². The van der Waals surface area contributed by atoms with E-state index in [1.54, 1.807) is 49.4 Å². The van der Waals surface area contributed by atoms with Crippen molar-refractivity contribution in [3.05, 3.63) is 102 Å². The molecule has 0 aliphatic carbocycles. The van der Waals surface area contributed by atoms with Gasteiger partial charge in [0.2, 0.25) is 5.75 Å². The minimum absolute atomic E-state index is 0.0121. The van der Waals surface area contributed by atoms with Crippen LogP contribution in [0.25, 0.3) is 6.08 Å². The van der Waals surface area contributed by atoms with Crippen molar-refractivity contribution in [1.82, 2.24) is 4.57 Å². The van der Waals surface area contributed by atoms with Gasteiger partial charge in [-0.1, -0.05) is 47.1 Å². The number of allylic oxidation sites excluding steroid dienone is 1. The molecule has 1 amide bonds. The maximum absolute atomic E-state index is 14.3. The Balaban J connectivity index is 1.72. The van der Waals surface area contributed by atoms with Gasteiger partial charge in [-0.05, 0) is 67.4 Å². The number of thiazole rings is 1. The number of terminal acetylenes is 1. The van der Waals surface area contributed by atoms with Crippen LogP contribution in [0.15, 0.2) is 75.7 Å². The smallest absolute Gasteiger partial charge is 0.271 e. The highest BCUT2D eigenvalue weighted by Crippen LogP contribution is 2.42. The molecule has 47 heavy (non-hydrogen) atoms. The van der Waals surface area contributed by atoms with Crippen LogP contribution in [-0.2, 0) is 4.79 Å². The molecule has 1 aromatic heterocycles. The Morgan fingerprint density at radius 3 is 2.36 bits per heavy atom. The number of hydrogen-bond donors (Lipinski definition) is 1. The number of hydrogen-bond acceptors (Lipinski definition) is 9. The number of amides is 1. The lowest BCUT2D eigenvalue weighted by atomic mass is 9.94. The zero-order valence-corrected chi connectivity index (χ0v) is 28.0. The molecule has 4 aromatic rings. The first-order chi connectivity index (χ1) is 22.7. The molecule has 1 N–H and O–H groups in total. The quantitative estimate of drug-likeness (QED) is 0.224. The molecule has 12 heteroatoms. The number of ether oxygens (including phenoxy) is 5. The molecule has 0 saturated carbocycles. The zero-order chi connectivity index (χ0) is 33.7. The van der Waals surface area contributed by atoms with Crippen LogP contribution >= 0.6 is 22.9 Å². The topological polar surface area (TPSA) is 110 Å². The first-order valence-corrected chi connectivity index (χ1v) is 15.6. The molecule has 0 spiro atoms. The van der Waals surface area contributed by atoms with E-state index in [0.717, 1.165) is 0 Å². The Bertz CT molecular complexity index is 2060. The van der Waals surface area contributed by atoms with Crippen molar-refractivity contribution in [2.24, 2.45) is 4.99 Å². The number of nitrogens with one attached hydrogen (secondary N) is 1. The number of benzene rings is 3. The summed E-state index contributed by atoms with van der Waals surface area (Å²) in [6, 6.07) is 15.0. The minimum Gasteiger partial charge on any atom is -0.493 e. The molecule has 1 atom stereocenters. The summed E-state index contributed by atoms with van der Waals surface area (Å²) in [5.74, 6) is 3.82. The summed E-state index contributed by atoms with van der Waals surface area (Å²) in [5.41, 5.74) is 2.10. The van der Waals surface area contributed by atoms with Crippen LogP contribution in [-0.4, -0.2) is 45.0 Å². The van der Waals surface area contributed by atoms with Crippen LogP contribution in [0.1, 0.15) is 31.0 Å². The third-order valence-electron chi connectivity index (χ3n) is 7.23. The normalized spacial score (nSPS) is 14.1. The molecule has 0 unspecified atom stereocenters. The number of anilines is 1. The largest absolute Gasteiger partial charge is 0.493 e. The van der Waals surface area contributed by atoms with Crippen LogP contribution < -0.4 is 43.9 Å². The molecule has 10 nitrogen and oxygen atoms in total. The van der Waals surface area contributed by atoms with Crippen molar-refractivity contribution in [3.8, 4) is 41.1 Å². The van der Waals surface area contributed by atoms with Crippen LogP contribution in [0.3, 0.4) is 0 Å². The van der Waals surface area contributed by atoms with Crippen molar-refractivity contribution >= 4 is 40.6 Å². The van der Waals surface area contributed by atoms with Crippen molar-refractivity contribution in [3.63, 3.8) is 0 Å². The van der Waals surface area contributed by atoms with Gasteiger partial charge in [0.1, 0.15) is 6.61 Å². The fourth-order valence-corrected chi connectivity index (χ4v) is 6.57. The number of aromatic nitrogens is 1. The van der Waals surface area contributed by atoms with Gasteiger partial charge in [-0.15, -0.1) is 6.42 Å². The van der Waals surface area contributed by atoms with E-state index < -0.39 is 11.9 Å². The number of fused-ring (bicyclic) bond motifs is 1. The molecule has 1 aliphatic heterocycles. The predicted octanol–water partition coefficient (Wildman–Crippen LogP) is 4.96. The van der Waals surface area contributed by atoms with Gasteiger partial charge >= 0.3 is 0 Å². The lowest BCUT2D eigenvalue weighted by Gasteiger charge is -2.26. The van der Waals surface area contributed by atoms with E-state index in [-0.39, 0.29) is 22.8 Å². The average Bonchev–Trinajstić information content (AvgIpc) is 3.36. The van der Waals surface area contributed by atoms with Gasteiger partial charge in [-0.2, -0.15) is 0 Å². The SMILES string of the molecule is C#CCOc1c(Cl)cc(/C=c2\sc3n(c2=O)[C@H](c2cc(OC)c(OC)c(OC)c2)C(C(=O)Nc2ccccc2)=C(C)N=3)cc1OCC. The van der Waals surface area contributed by atoms with Gasteiger partial charge in [0, 0.05) is 5.69 Å². The number of rotatable bonds is 11. The van der Waals surface area contributed by atoms with Crippen molar-refractivity contribution in [1.29, 1.82) is 0 Å². The highest BCUT2D eigenvalue weighted by Gasteiger charge is 2.34. The third kappa shape index (κ3) is 6.70. The van der Waals surface area contributed by atoms with Crippen molar-refractivity contribution < 1.29 is 28.5 Å². The van der Waals surface area contributed by atoms with Gasteiger partial charge in [0.15, 0.2) is 27.8 Å². The Labute approximate surface area is 280 Å². The Kier molecular flexibility index (Phi) is 10.2. The number of methoxy groups -OCH3 is 3. The van der Waals surface area contributed by atoms with Crippen LogP contribution in [0.4, 0.5) is 5.69 Å². The predicted molar refractivity (Wildman–Crippen MR) is 182 cm³/mol. The van der Waals surface area contributed by atoms with Gasteiger partial charge in [-0.25, -0.2) is 4.99 Å². The molecule has 0 fully saturated rings. The Morgan fingerprint density at radius 1 is 1.04 bits per heavy atom. The molecule has 242 valence electrons. The van der Waals surface area contributed by atoms with Crippen LogP contribution in [0.5, 0.6) is 28.7 Å². The molecular formula is C35H32ClN3O7S. The average molecular weight is 674 g/mol. The van der Waals surface area contributed by atoms with E-state index in [2.05, 4.69) is 11.2 Å². The second-order valence-corrected chi connectivity index (χ2v) is 11.5. The highest BCUT2D eigenvalue weighted by atomic mass is 35.5. The zero-order valence-electron chi connectivity index (χ0n) is 26.4. The summed E-state index contributed by atoms with van der Waals surface area (Å²) in [4.78, 5) is 33.4. The molecule has 0 bridgehead atoms. The van der Waals surface area contributed by atoms with Gasteiger partial charge in [-0.3, -0.25) is 14.2 Å². The number of carbonyl (C=O) groups is 1. The fraction of sp³-hybridized carbons (Fsp3) is 0.229.